The molecule has 6 heteroatoms. The van der Waals surface area contributed by atoms with Gasteiger partial charge < -0.3 is 14.8 Å². The molecule has 0 fully saturated rings. The number of carbonyl (C=O) groups excluding carboxylic acids is 1. The Balaban J connectivity index is 2.21. The summed E-state index contributed by atoms with van der Waals surface area (Å²) < 4.78 is 10.7. The molecule has 2 aromatic carbocycles. The fraction of sp³-hybridized carbons (Fsp3) is 0.167. The van der Waals surface area contributed by atoms with Gasteiger partial charge in [0.05, 0.1) is 37.3 Å². The summed E-state index contributed by atoms with van der Waals surface area (Å²) in [6.45, 7) is 0.00538. The molecule has 6 nitrogen and oxygen atoms in total. The molecule has 1 N–H and O–H groups in total. The molecule has 1 heterocycles. The zero-order valence-electron chi connectivity index (χ0n) is 13.3. The van der Waals surface area contributed by atoms with Crippen LogP contribution in [0.1, 0.15) is 16.7 Å². The molecule has 3 rings (SSSR count). The van der Waals surface area contributed by atoms with Crippen LogP contribution in [0.15, 0.2) is 41.4 Å². The summed E-state index contributed by atoms with van der Waals surface area (Å²) in [5.41, 5.74) is 3.23. The van der Waals surface area contributed by atoms with Gasteiger partial charge in [0.15, 0.2) is 11.5 Å². The summed E-state index contributed by atoms with van der Waals surface area (Å²) in [5.74, 6) is 0.843. The summed E-state index contributed by atoms with van der Waals surface area (Å²) >= 11 is 0. The predicted molar refractivity (Wildman–Crippen MR) is 89.8 cm³/mol. The van der Waals surface area contributed by atoms with Crippen LogP contribution in [0.3, 0.4) is 0 Å². The second kappa shape index (κ2) is 6.42. The highest BCUT2D eigenvalue weighted by molar-refractivity contribution is 6.19. The van der Waals surface area contributed by atoms with E-state index in [1.807, 2.05) is 6.07 Å². The Morgan fingerprint density at radius 3 is 2.62 bits per heavy atom. The molecule has 0 bridgehead atoms. The Bertz CT molecular complexity index is 882. The van der Waals surface area contributed by atoms with Crippen molar-refractivity contribution >= 4 is 17.3 Å². The van der Waals surface area contributed by atoms with Crippen LogP contribution in [0.4, 0.5) is 5.69 Å². The summed E-state index contributed by atoms with van der Waals surface area (Å²) in [5, 5.41) is 11.9. The van der Waals surface area contributed by atoms with Gasteiger partial charge in [0.2, 0.25) is 5.91 Å². The van der Waals surface area contributed by atoms with Gasteiger partial charge in [-0.2, -0.15) is 5.26 Å². The molecule has 0 spiro atoms. The number of amides is 1. The molecule has 0 atom stereocenters. The van der Waals surface area contributed by atoms with E-state index in [1.165, 1.54) is 7.11 Å². The molecule has 0 saturated heterocycles. The lowest BCUT2D eigenvalue weighted by Gasteiger charge is -2.15. The first-order valence-electron chi connectivity index (χ1n) is 7.27. The molecule has 2 aromatic rings. The third-order valence-corrected chi connectivity index (χ3v) is 3.70. The fourth-order valence-electron chi connectivity index (χ4n) is 2.59. The highest BCUT2D eigenvalue weighted by atomic mass is 16.5. The van der Waals surface area contributed by atoms with Gasteiger partial charge >= 0.3 is 0 Å². The van der Waals surface area contributed by atoms with Gasteiger partial charge in [-0.1, -0.05) is 12.1 Å². The van der Waals surface area contributed by atoms with E-state index >= 15 is 0 Å². The molecule has 120 valence electrons. The third kappa shape index (κ3) is 2.79. The Kier molecular flexibility index (Phi) is 4.17. The molecule has 0 unspecified atom stereocenters. The van der Waals surface area contributed by atoms with Crippen molar-refractivity contribution in [1.82, 2.24) is 0 Å². The lowest BCUT2D eigenvalue weighted by Crippen LogP contribution is -2.13. The topological polar surface area (TPSA) is 83.7 Å². The Morgan fingerprint density at radius 2 is 1.92 bits per heavy atom. The van der Waals surface area contributed by atoms with Gasteiger partial charge in [0, 0.05) is 17.2 Å². The molecule has 1 aliphatic heterocycles. The number of aliphatic imine (C=N–C) groups is 1. The maximum Gasteiger partial charge on any atom is 0.246 e. The first-order chi connectivity index (χ1) is 11.7. The first kappa shape index (κ1) is 15.6. The molecular formula is C18H15N3O3. The number of benzene rings is 2. The number of methoxy groups -OCH3 is 2. The predicted octanol–water partition coefficient (Wildman–Crippen LogP) is 2.36. The SMILES string of the molecule is COc1cc2c(cc1OC)C(c1cccc(C#N)c1)=NCC(=O)N2. The van der Waals surface area contributed by atoms with Gasteiger partial charge in [-0.15, -0.1) is 0 Å². The third-order valence-electron chi connectivity index (χ3n) is 3.70. The number of hydrogen-bond acceptors (Lipinski definition) is 5. The van der Waals surface area contributed by atoms with E-state index in [2.05, 4.69) is 16.4 Å². The van der Waals surface area contributed by atoms with Crippen molar-refractivity contribution in [3.8, 4) is 17.6 Å². The zero-order valence-corrected chi connectivity index (χ0v) is 13.3. The van der Waals surface area contributed by atoms with Crippen molar-refractivity contribution in [3.63, 3.8) is 0 Å². The minimum absolute atomic E-state index is 0.00538. The number of rotatable bonds is 3. The average molecular weight is 321 g/mol. The van der Waals surface area contributed by atoms with Gasteiger partial charge in [0.1, 0.15) is 6.54 Å². The average Bonchev–Trinajstić information content (AvgIpc) is 2.78. The second-order valence-electron chi connectivity index (χ2n) is 5.16. The molecule has 1 amide bonds. The number of nitrogens with one attached hydrogen (secondary N) is 1. The molecule has 0 aromatic heterocycles. The van der Waals surface area contributed by atoms with Gasteiger partial charge in [0.25, 0.3) is 0 Å². The van der Waals surface area contributed by atoms with Gasteiger partial charge in [-0.25, -0.2) is 0 Å². The van der Waals surface area contributed by atoms with Crippen LogP contribution in [0.2, 0.25) is 0 Å². The summed E-state index contributed by atoms with van der Waals surface area (Å²) in [6.07, 6.45) is 0. The largest absolute Gasteiger partial charge is 0.493 e. The Morgan fingerprint density at radius 1 is 1.17 bits per heavy atom. The van der Waals surface area contributed by atoms with Crippen molar-refractivity contribution in [3.05, 3.63) is 53.1 Å². The van der Waals surface area contributed by atoms with Crippen LogP contribution in [0.5, 0.6) is 11.5 Å². The van der Waals surface area contributed by atoms with E-state index in [-0.39, 0.29) is 12.5 Å². The van der Waals surface area contributed by atoms with Crippen molar-refractivity contribution in [2.45, 2.75) is 0 Å². The Hall–Kier alpha value is -3.33. The minimum Gasteiger partial charge on any atom is -0.493 e. The standard InChI is InChI=1S/C18H15N3O3/c1-23-15-7-13-14(8-16(15)24-2)21-17(22)10-20-18(13)12-5-3-4-11(6-12)9-19/h3-8H,10H2,1-2H3,(H,21,22). The normalized spacial score (nSPS) is 13.0. The highest BCUT2D eigenvalue weighted by Gasteiger charge is 2.21. The number of benzodiazepines with no additional fused rings is 1. The van der Waals surface area contributed by atoms with E-state index < -0.39 is 0 Å². The quantitative estimate of drug-likeness (QED) is 0.940. The molecule has 24 heavy (non-hydrogen) atoms. The lowest BCUT2D eigenvalue weighted by molar-refractivity contribution is -0.114. The van der Waals surface area contributed by atoms with E-state index in [4.69, 9.17) is 14.7 Å². The molecular weight excluding hydrogens is 306 g/mol. The molecule has 0 saturated carbocycles. The van der Waals surface area contributed by atoms with Crippen molar-refractivity contribution in [2.24, 2.45) is 4.99 Å². The first-order valence-corrected chi connectivity index (χ1v) is 7.27. The van der Waals surface area contributed by atoms with E-state index in [9.17, 15) is 4.79 Å². The van der Waals surface area contributed by atoms with Crippen molar-refractivity contribution < 1.29 is 14.3 Å². The zero-order chi connectivity index (χ0) is 17.1. The number of anilines is 1. The van der Waals surface area contributed by atoms with Crippen molar-refractivity contribution in [2.75, 3.05) is 26.1 Å². The number of fused-ring (bicyclic) bond motifs is 1. The molecule has 0 aliphatic carbocycles. The van der Waals surface area contributed by atoms with Crippen LogP contribution in [-0.2, 0) is 4.79 Å². The minimum atomic E-state index is -0.213. The number of ether oxygens (including phenoxy) is 2. The van der Waals surface area contributed by atoms with Crippen LogP contribution in [0, 0.1) is 11.3 Å². The second-order valence-corrected chi connectivity index (χ2v) is 5.16. The van der Waals surface area contributed by atoms with E-state index in [0.717, 1.165) is 5.56 Å². The molecule has 0 radical (unpaired) electrons. The maximum absolute atomic E-state index is 12.0. The monoisotopic (exact) mass is 321 g/mol. The number of hydrogen-bond donors (Lipinski definition) is 1. The lowest BCUT2D eigenvalue weighted by atomic mass is 9.98. The number of nitriles is 1. The highest BCUT2D eigenvalue weighted by Crippen LogP contribution is 2.35. The number of nitrogens with zero attached hydrogens (tertiary/aromatic N) is 2. The van der Waals surface area contributed by atoms with Crippen LogP contribution < -0.4 is 14.8 Å². The summed E-state index contributed by atoms with van der Waals surface area (Å²) in [6, 6.07) is 12.7. The van der Waals surface area contributed by atoms with Crippen LogP contribution in [0.25, 0.3) is 0 Å². The van der Waals surface area contributed by atoms with E-state index in [1.54, 1.807) is 37.4 Å². The Labute approximate surface area is 139 Å². The van der Waals surface area contributed by atoms with Crippen LogP contribution in [-0.4, -0.2) is 32.4 Å². The number of carbonyl (C=O) groups is 1. The smallest absolute Gasteiger partial charge is 0.246 e. The maximum atomic E-state index is 12.0. The summed E-state index contributed by atoms with van der Waals surface area (Å²) in [4.78, 5) is 16.4. The van der Waals surface area contributed by atoms with Gasteiger partial charge in [-0.3, -0.25) is 9.79 Å². The van der Waals surface area contributed by atoms with E-state index in [0.29, 0.717) is 34.0 Å². The van der Waals surface area contributed by atoms with Crippen LogP contribution >= 0.6 is 0 Å². The fourth-order valence-corrected chi connectivity index (χ4v) is 2.59. The molecule has 1 aliphatic rings. The van der Waals surface area contributed by atoms with Gasteiger partial charge in [-0.05, 0) is 18.2 Å². The summed E-state index contributed by atoms with van der Waals surface area (Å²) in [7, 11) is 3.08. The van der Waals surface area contributed by atoms with Crippen molar-refractivity contribution in [1.29, 1.82) is 5.26 Å².